The Labute approximate surface area is 175 Å². The predicted molar refractivity (Wildman–Crippen MR) is 117 cm³/mol. The van der Waals surface area contributed by atoms with Gasteiger partial charge in [-0.15, -0.1) is 24.0 Å². The maximum absolute atomic E-state index is 5.30. The smallest absolute Gasteiger partial charge is 0.216 e. The average molecular weight is 490 g/mol. The van der Waals surface area contributed by atoms with Crippen LogP contribution in [-0.2, 0) is 6.42 Å². The number of rotatable bonds is 7. The topological polar surface area (TPSA) is 91.1 Å². The van der Waals surface area contributed by atoms with Gasteiger partial charge in [0.2, 0.25) is 5.82 Å². The van der Waals surface area contributed by atoms with Crippen LogP contribution in [0.4, 0.5) is 0 Å². The zero-order chi connectivity index (χ0) is 17.5. The number of nitrogens with zero attached hydrogens (tertiary/aromatic N) is 3. The first kappa shape index (κ1) is 21.1. The van der Waals surface area contributed by atoms with Crippen molar-refractivity contribution in [1.29, 1.82) is 0 Å². The summed E-state index contributed by atoms with van der Waals surface area (Å²) in [6.07, 6.45) is 6.09. The third-order valence-electron chi connectivity index (χ3n) is 4.28. The maximum atomic E-state index is 5.30. The quantitative estimate of drug-likeness (QED) is 0.314. The minimum absolute atomic E-state index is 0. The van der Waals surface area contributed by atoms with E-state index < -0.39 is 0 Å². The van der Waals surface area contributed by atoms with Gasteiger partial charge in [0, 0.05) is 31.3 Å². The summed E-state index contributed by atoms with van der Waals surface area (Å²) < 4.78 is 5.30. The van der Waals surface area contributed by atoms with Crippen molar-refractivity contribution in [2.75, 3.05) is 19.3 Å². The molecular weight excluding hydrogens is 463 g/mol. The van der Waals surface area contributed by atoms with Crippen molar-refractivity contribution in [2.45, 2.75) is 43.9 Å². The molecule has 3 rings (SSSR count). The van der Waals surface area contributed by atoms with E-state index in [-0.39, 0.29) is 24.0 Å². The Morgan fingerprint density at radius 1 is 1.46 bits per heavy atom. The monoisotopic (exact) mass is 490 g/mol. The van der Waals surface area contributed by atoms with Crippen molar-refractivity contribution in [2.24, 2.45) is 4.99 Å². The summed E-state index contributed by atoms with van der Waals surface area (Å²) in [5, 5.41) is 14.8. The standard InChI is InChI=1S/C17H26N6OS.HI/c1-3-25-13-7-6-12(11-13)20-17(18-2)19-9-8-15-21-16(23-22-15)14-5-4-10-24-14;/h4-5,10,12-13H,3,6-9,11H2,1-2H3,(H2,18,19,20)(H,21,22,23);1H. The van der Waals surface area contributed by atoms with Crippen LogP contribution in [0.25, 0.3) is 11.6 Å². The van der Waals surface area contributed by atoms with Gasteiger partial charge >= 0.3 is 0 Å². The van der Waals surface area contributed by atoms with Crippen molar-refractivity contribution >= 4 is 41.7 Å². The van der Waals surface area contributed by atoms with Gasteiger partial charge in [-0.3, -0.25) is 10.1 Å². The van der Waals surface area contributed by atoms with Crippen molar-refractivity contribution in [1.82, 2.24) is 25.8 Å². The van der Waals surface area contributed by atoms with Crippen LogP contribution in [0.5, 0.6) is 0 Å². The molecule has 1 aliphatic rings. The fourth-order valence-electron chi connectivity index (χ4n) is 3.07. The molecule has 0 bridgehead atoms. The third kappa shape index (κ3) is 5.90. The summed E-state index contributed by atoms with van der Waals surface area (Å²) >= 11 is 2.07. The molecule has 0 radical (unpaired) electrons. The average Bonchev–Trinajstić information content (AvgIpc) is 3.36. The first-order valence-corrected chi connectivity index (χ1v) is 9.87. The number of furan rings is 1. The van der Waals surface area contributed by atoms with Crippen molar-refractivity contribution < 1.29 is 4.42 Å². The summed E-state index contributed by atoms with van der Waals surface area (Å²) in [7, 11) is 1.81. The fourth-order valence-corrected chi connectivity index (χ4v) is 4.21. The molecule has 26 heavy (non-hydrogen) atoms. The third-order valence-corrected chi connectivity index (χ3v) is 5.51. The molecule has 0 aromatic carbocycles. The highest BCUT2D eigenvalue weighted by Crippen LogP contribution is 2.29. The molecule has 9 heteroatoms. The van der Waals surface area contributed by atoms with Crippen molar-refractivity contribution in [3.05, 3.63) is 24.2 Å². The molecule has 2 unspecified atom stereocenters. The highest BCUT2D eigenvalue weighted by Gasteiger charge is 2.25. The molecule has 144 valence electrons. The van der Waals surface area contributed by atoms with E-state index >= 15 is 0 Å². The summed E-state index contributed by atoms with van der Waals surface area (Å²) in [6, 6.07) is 4.20. The number of aliphatic imine (C=N–C) groups is 1. The predicted octanol–water partition coefficient (Wildman–Crippen LogP) is 3.06. The summed E-state index contributed by atoms with van der Waals surface area (Å²) in [5.74, 6) is 4.15. The van der Waals surface area contributed by atoms with E-state index in [2.05, 4.69) is 49.5 Å². The number of aromatic nitrogens is 3. The normalized spacial score (nSPS) is 20.0. The minimum Gasteiger partial charge on any atom is -0.461 e. The van der Waals surface area contributed by atoms with Gasteiger partial charge in [0.05, 0.1) is 6.26 Å². The van der Waals surface area contributed by atoms with E-state index in [0.29, 0.717) is 17.6 Å². The first-order valence-electron chi connectivity index (χ1n) is 8.82. The lowest BCUT2D eigenvalue weighted by atomic mass is 10.2. The zero-order valence-corrected chi connectivity index (χ0v) is 18.3. The van der Waals surface area contributed by atoms with Crippen LogP contribution in [0.15, 0.2) is 27.8 Å². The van der Waals surface area contributed by atoms with Gasteiger partial charge < -0.3 is 15.1 Å². The Morgan fingerprint density at radius 3 is 3.08 bits per heavy atom. The Balaban J connectivity index is 0.00000243. The molecule has 1 aliphatic carbocycles. The number of hydrogen-bond acceptors (Lipinski definition) is 5. The van der Waals surface area contributed by atoms with E-state index in [1.54, 1.807) is 6.26 Å². The molecule has 1 fully saturated rings. The van der Waals surface area contributed by atoms with Gasteiger partial charge in [0.1, 0.15) is 5.82 Å². The first-order chi connectivity index (χ1) is 12.3. The van der Waals surface area contributed by atoms with Gasteiger partial charge in [-0.05, 0) is 37.1 Å². The number of hydrogen-bond donors (Lipinski definition) is 3. The lowest BCUT2D eigenvalue weighted by Crippen LogP contribution is -2.43. The highest BCUT2D eigenvalue weighted by molar-refractivity contribution is 14.0. The van der Waals surface area contributed by atoms with E-state index in [0.717, 1.165) is 30.0 Å². The van der Waals surface area contributed by atoms with Gasteiger partial charge in [-0.2, -0.15) is 16.9 Å². The molecule has 0 aliphatic heterocycles. The summed E-state index contributed by atoms with van der Waals surface area (Å²) in [4.78, 5) is 8.77. The molecule has 2 atom stereocenters. The van der Waals surface area contributed by atoms with Gasteiger partial charge in [-0.1, -0.05) is 6.92 Å². The number of aromatic amines is 1. The molecule has 2 heterocycles. The molecule has 7 nitrogen and oxygen atoms in total. The second-order valence-electron chi connectivity index (χ2n) is 6.06. The van der Waals surface area contributed by atoms with Crippen LogP contribution in [0.2, 0.25) is 0 Å². The zero-order valence-electron chi connectivity index (χ0n) is 15.2. The van der Waals surface area contributed by atoms with Crippen LogP contribution in [-0.4, -0.2) is 51.8 Å². The molecule has 2 aromatic heterocycles. The van der Waals surface area contributed by atoms with Crippen LogP contribution >= 0.6 is 35.7 Å². The van der Waals surface area contributed by atoms with Crippen LogP contribution in [0.1, 0.15) is 32.0 Å². The van der Waals surface area contributed by atoms with Crippen molar-refractivity contribution in [3.8, 4) is 11.6 Å². The molecule has 1 saturated carbocycles. The van der Waals surface area contributed by atoms with E-state index in [1.807, 2.05) is 19.2 Å². The van der Waals surface area contributed by atoms with Crippen LogP contribution in [0, 0.1) is 0 Å². The number of guanidine groups is 1. The van der Waals surface area contributed by atoms with E-state index in [1.165, 1.54) is 25.0 Å². The number of thioether (sulfide) groups is 1. The maximum Gasteiger partial charge on any atom is 0.216 e. The largest absolute Gasteiger partial charge is 0.461 e. The van der Waals surface area contributed by atoms with Gasteiger partial charge in [0.25, 0.3) is 0 Å². The lowest BCUT2D eigenvalue weighted by Gasteiger charge is -2.17. The minimum atomic E-state index is 0. The Kier molecular flexibility index (Phi) is 8.76. The molecule has 2 aromatic rings. The van der Waals surface area contributed by atoms with Crippen molar-refractivity contribution in [3.63, 3.8) is 0 Å². The SMILES string of the molecule is CCSC1CCC(NC(=NC)NCCc2nc(-c3ccco3)n[nH]2)C1.I. The van der Waals surface area contributed by atoms with E-state index in [4.69, 9.17) is 4.42 Å². The number of halogens is 1. The Morgan fingerprint density at radius 2 is 2.35 bits per heavy atom. The second kappa shape index (κ2) is 10.8. The molecule has 0 amide bonds. The fraction of sp³-hybridized carbons (Fsp3) is 0.588. The Bertz CT molecular complexity index is 675. The molecule has 3 N–H and O–H groups in total. The van der Waals surface area contributed by atoms with E-state index in [9.17, 15) is 0 Å². The van der Waals surface area contributed by atoms with Crippen LogP contribution in [0.3, 0.4) is 0 Å². The van der Waals surface area contributed by atoms with Crippen LogP contribution < -0.4 is 10.6 Å². The van der Waals surface area contributed by atoms with Gasteiger partial charge in [0.15, 0.2) is 11.7 Å². The summed E-state index contributed by atoms with van der Waals surface area (Å²) in [5.41, 5.74) is 0. The second-order valence-corrected chi connectivity index (χ2v) is 7.64. The summed E-state index contributed by atoms with van der Waals surface area (Å²) in [6.45, 7) is 2.97. The molecular formula is C17H27IN6OS. The highest BCUT2D eigenvalue weighted by atomic mass is 127. The number of H-pyrrole nitrogens is 1. The number of nitrogens with one attached hydrogen (secondary N) is 3. The molecule has 0 saturated heterocycles. The lowest BCUT2D eigenvalue weighted by molar-refractivity contribution is 0.577. The van der Waals surface area contributed by atoms with Gasteiger partial charge in [-0.25, -0.2) is 4.98 Å². The molecule has 0 spiro atoms. The Hall–Kier alpha value is -1.23.